The molecule has 3 unspecified atom stereocenters. The summed E-state index contributed by atoms with van der Waals surface area (Å²) < 4.78 is 22.8. The molecule has 9 heteroatoms. The van der Waals surface area contributed by atoms with Crippen LogP contribution in [0.4, 0.5) is 0 Å². The molecule has 0 radical (unpaired) electrons. The highest BCUT2D eigenvalue weighted by Gasteiger charge is 2.27. The molecule has 0 bridgehead atoms. The number of carbonyl (C=O) groups is 1. The molecule has 36 heavy (non-hydrogen) atoms. The second-order valence-electron chi connectivity index (χ2n) is 10.7. The van der Waals surface area contributed by atoms with E-state index in [2.05, 4.69) is 12.2 Å². The zero-order valence-electron chi connectivity index (χ0n) is 23.8. The van der Waals surface area contributed by atoms with Crippen LogP contribution in [0.15, 0.2) is 12.2 Å². The van der Waals surface area contributed by atoms with Crippen molar-refractivity contribution in [2.24, 2.45) is 0 Å². The molecule has 0 aliphatic carbocycles. The molecule has 3 atom stereocenters. The van der Waals surface area contributed by atoms with Crippen molar-refractivity contribution < 1.29 is 32.9 Å². The average Bonchev–Trinajstić information content (AvgIpc) is 2.80. The predicted molar refractivity (Wildman–Crippen MR) is 148 cm³/mol. The van der Waals surface area contributed by atoms with Gasteiger partial charge in [-0.15, -0.1) is 0 Å². The zero-order chi connectivity index (χ0) is 27.3. The van der Waals surface area contributed by atoms with Crippen LogP contribution in [-0.4, -0.2) is 73.4 Å². The van der Waals surface area contributed by atoms with E-state index in [0.717, 1.165) is 19.3 Å². The van der Waals surface area contributed by atoms with Gasteiger partial charge in [-0.3, -0.25) is 13.8 Å². The molecular formula is C27H56N2O6P+. The number of rotatable bonds is 24. The van der Waals surface area contributed by atoms with Gasteiger partial charge in [0, 0.05) is 6.42 Å². The highest BCUT2D eigenvalue weighted by molar-refractivity contribution is 7.47. The molecule has 3 N–H and O–H groups in total. The number of nitrogens with zero attached hydrogens (tertiary/aromatic N) is 1. The Kier molecular flexibility index (Phi) is 20.8. The summed E-state index contributed by atoms with van der Waals surface area (Å²) in [6.45, 7) is 4.22. The second-order valence-corrected chi connectivity index (χ2v) is 12.2. The molecule has 0 rings (SSSR count). The molecule has 0 aromatic rings. The summed E-state index contributed by atoms with van der Waals surface area (Å²) in [7, 11) is 1.56. The van der Waals surface area contributed by atoms with E-state index >= 15 is 0 Å². The summed E-state index contributed by atoms with van der Waals surface area (Å²) in [5, 5.41) is 13.2. The number of likely N-dealkylation sites (N-methyl/N-ethyl adjacent to an activating group) is 1. The van der Waals surface area contributed by atoms with E-state index in [-0.39, 0.29) is 25.5 Å². The Morgan fingerprint density at radius 1 is 0.917 bits per heavy atom. The normalized spacial score (nSPS) is 15.6. The van der Waals surface area contributed by atoms with E-state index in [1.165, 1.54) is 64.2 Å². The third kappa shape index (κ3) is 22.4. The Labute approximate surface area is 221 Å². The lowest BCUT2D eigenvalue weighted by atomic mass is 10.0. The number of amides is 1. The largest absolute Gasteiger partial charge is 0.472 e. The summed E-state index contributed by atoms with van der Waals surface area (Å²) in [4.78, 5) is 21.8. The fourth-order valence-corrected chi connectivity index (χ4v) is 4.39. The first-order valence-electron chi connectivity index (χ1n) is 14.1. The predicted octanol–water partition coefficient (Wildman–Crippen LogP) is 5.73. The fourth-order valence-electron chi connectivity index (χ4n) is 3.65. The number of quaternary nitrogens is 1. The SMILES string of the molecule is CCCCCCCCCCCCCC/C=C/C(O)C(COP(=O)(O)OCC[N+](C)(C)C)NC(=O)CC. The van der Waals surface area contributed by atoms with Gasteiger partial charge in [-0.2, -0.15) is 0 Å². The highest BCUT2D eigenvalue weighted by Crippen LogP contribution is 2.43. The smallest absolute Gasteiger partial charge is 0.387 e. The maximum atomic E-state index is 12.2. The van der Waals surface area contributed by atoms with Gasteiger partial charge in [0.2, 0.25) is 5.91 Å². The molecule has 0 heterocycles. The first kappa shape index (κ1) is 35.2. The van der Waals surface area contributed by atoms with Crippen LogP contribution in [0.1, 0.15) is 104 Å². The third-order valence-corrected chi connectivity index (χ3v) is 7.06. The van der Waals surface area contributed by atoms with Crippen molar-refractivity contribution in [1.82, 2.24) is 5.32 Å². The summed E-state index contributed by atoms with van der Waals surface area (Å²) in [5.74, 6) is -0.268. The molecule has 0 saturated heterocycles. The summed E-state index contributed by atoms with van der Waals surface area (Å²) >= 11 is 0. The quantitative estimate of drug-likeness (QED) is 0.0631. The van der Waals surface area contributed by atoms with E-state index in [9.17, 15) is 19.4 Å². The summed E-state index contributed by atoms with van der Waals surface area (Å²) in [5.41, 5.74) is 0. The summed E-state index contributed by atoms with van der Waals surface area (Å²) in [6, 6.07) is -0.835. The standard InChI is InChI=1S/C27H55N2O6P/c1-6-8-9-10-11-12-13-14-15-16-17-18-19-20-21-26(30)25(28-27(31)7-2)24-35-36(32,33)34-23-22-29(3,4)5/h20-21,25-26,30H,6-19,22-24H2,1-5H3,(H-,28,31,32,33)/p+1/b21-20+. The van der Waals surface area contributed by atoms with Gasteiger partial charge < -0.3 is 19.8 Å². The Balaban J connectivity index is 4.22. The number of hydrogen-bond acceptors (Lipinski definition) is 5. The number of hydrogen-bond donors (Lipinski definition) is 3. The number of nitrogens with one attached hydrogen (secondary N) is 1. The van der Waals surface area contributed by atoms with E-state index in [1.807, 2.05) is 27.2 Å². The van der Waals surface area contributed by atoms with Crippen molar-refractivity contribution in [2.45, 2.75) is 116 Å². The van der Waals surface area contributed by atoms with Crippen LogP contribution in [0, 0.1) is 0 Å². The van der Waals surface area contributed by atoms with Crippen molar-refractivity contribution in [1.29, 1.82) is 0 Å². The van der Waals surface area contributed by atoms with Gasteiger partial charge in [-0.05, 0) is 12.8 Å². The maximum Gasteiger partial charge on any atom is 0.472 e. The maximum absolute atomic E-state index is 12.2. The third-order valence-electron chi connectivity index (χ3n) is 6.07. The van der Waals surface area contributed by atoms with Crippen LogP contribution in [0.2, 0.25) is 0 Å². The van der Waals surface area contributed by atoms with Crippen LogP contribution >= 0.6 is 7.82 Å². The molecule has 0 aromatic heterocycles. The van der Waals surface area contributed by atoms with Crippen LogP contribution < -0.4 is 5.32 Å². The lowest BCUT2D eigenvalue weighted by Gasteiger charge is -2.25. The van der Waals surface area contributed by atoms with Gasteiger partial charge in [0.15, 0.2) is 0 Å². The minimum atomic E-state index is -4.28. The Morgan fingerprint density at radius 2 is 1.44 bits per heavy atom. The Hall–Kier alpha value is -0.760. The van der Waals surface area contributed by atoms with E-state index in [1.54, 1.807) is 13.0 Å². The van der Waals surface area contributed by atoms with Crippen molar-refractivity contribution in [2.75, 3.05) is 40.9 Å². The number of unbranched alkanes of at least 4 members (excludes halogenated alkanes) is 12. The molecule has 1 amide bonds. The van der Waals surface area contributed by atoms with Crippen molar-refractivity contribution in [3.8, 4) is 0 Å². The molecular weight excluding hydrogens is 479 g/mol. The molecule has 0 fully saturated rings. The lowest BCUT2D eigenvalue weighted by molar-refractivity contribution is -0.870. The first-order valence-corrected chi connectivity index (χ1v) is 15.6. The van der Waals surface area contributed by atoms with Gasteiger partial charge in [0.05, 0.1) is 39.9 Å². The molecule has 0 aliphatic heterocycles. The topological polar surface area (TPSA) is 105 Å². The van der Waals surface area contributed by atoms with Gasteiger partial charge in [-0.25, -0.2) is 4.57 Å². The van der Waals surface area contributed by atoms with Crippen LogP contribution in [0.5, 0.6) is 0 Å². The number of phosphoric ester groups is 1. The molecule has 0 aliphatic rings. The molecule has 8 nitrogen and oxygen atoms in total. The van der Waals surface area contributed by atoms with Gasteiger partial charge in [0.25, 0.3) is 0 Å². The van der Waals surface area contributed by atoms with Crippen LogP contribution in [0.25, 0.3) is 0 Å². The molecule has 0 saturated carbocycles. The highest BCUT2D eigenvalue weighted by atomic mass is 31.2. The van der Waals surface area contributed by atoms with Crippen molar-refractivity contribution in [3.05, 3.63) is 12.2 Å². The first-order chi connectivity index (χ1) is 17.0. The van der Waals surface area contributed by atoms with E-state index in [4.69, 9.17) is 9.05 Å². The second kappa shape index (κ2) is 21.2. The molecule has 0 aromatic carbocycles. The van der Waals surface area contributed by atoms with Crippen molar-refractivity contribution in [3.63, 3.8) is 0 Å². The van der Waals surface area contributed by atoms with Gasteiger partial charge in [-0.1, -0.05) is 96.6 Å². The van der Waals surface area contributed by atoms with Gasteiger partial charge in [0.1, 0.15) is 13.2 Å². The number of aliphatic hydroxyl groups is 1. The summed E-state index contributed by atoms with van der Waals surface area (Å²) in [6.07, 6.45) is 19.1. The monoisotopic (exact) mass is 535 g/mol. The average molecular weight is 536 g/mol. The van der Waals surface area contributed by atoms with Crippen LogP contribution in [0.3, 0.4) is 0 Å². The fraction of sp³-hybridized carbons (Fsp3) is 0.889. The minimum Gasteiger partial charge on any atom is -0.387 e. The Bertz CT molecular complexity index is 624. The van der Waals surface area contributed by atoms with E-state index < -0.39 is 20.0 Å². The zero-order valence-corrected chi connectivity index (χ0v) is 24.6. The van der Waals surface area contributed by atoms with Crippen molar-refractivity contribution >= 4 is 13.7 Å². The Morgan fingerprint density at radius 3 is 1.94 bits per heavy atom. The van der Waals surface area contributed by atoms with Crippen LogP contribution in [-0.2, 0) is 18.4 Å². The van der Waals surface area contributed by atoms with Gasteiger partial charge >= 0.3 is 7.82 Å². The number of phosphoric acid groups is 1. The lowest BCUT2D eigenvalue weighted by Crippen LogP contribution is -2.45. The molecule has 214 valence electrons. The molecule has 0 spiro atoms. The number of carbonyl (C=O) groups excluding carboxylic acids is 1. The minimum absolute atomic E-state index is 0.0603. The number of allylic oxidation sites excluding steroid dienone is 1. The van der Waals surface area contributed by atoms with E-state index in [0.29, 0.717) is 11.0 Å². The number of aliphatic hydroxyl groups excluding tert-OH is 1.